The van der Waals surface area contributed by atoms with E-state index >= 15 is 4.39 Å². The largest absolute Gasteiger partial charge is 0.508 e. The van der Waals surface area contributed by atoms with Crippen molar-refractivity contribution in [2.75, 3.05) is 53.3 Å². The normalized spacial score (nSPS) is 27.9. The maximum atomic E-state index is 17.5. The second-order valence-corrected chi connectivity index (χ2v) is 19.7. The van der Waals surface area contributed by atoms with E-state index in [0.29, 0.717) is 52.7 Å². The molecule has 2 heterocycles. The fourth-order valence-electron chi connectivity index (χ4n) is 11.3. The number of nitrogens with one attached hydrogen (secondary N) is 1. The maximum Gasteiger partial charge on any atom is 0.508 e. The van der Waals surface area contributed by atoms with Crippen LogP contribution >= 0.6 is 11.8 Å². The molecule has 8 rings (SSSR count). The molecule has 3 N–H and O–H groups in total. The van der Waals surface area contributed by atoms with Gasteiger partial charge in [-0.15, -0.1) is 0 Å². The highest BCUT2D eigenvalue weighted by molar-refractivity contribution is 7.99. The number of aliphatic hydroxyl groups excluding tert-OH is 1. The molecule has 4 aliphatic carbocycles. The van der Waals surface area contributed by atoms with E-state index in [4.69, 9.17) is 23.7 Å². The monoisotopic (exact) mass is 980 g/mol. The Labute approximate surface area is 408 Å². The van der Waals surface area contributed by atoms with Crippen LogP contribution in [0, 0.1) is 28.6 Å². The van der Waals surface area contributed by atoms with Crippen LogP contribution in [0.25, 0.3) is 23.1 Å². The van der Waals surface area contributed by atoms with Crippen molar-refractivity contribution in [3.05, 3.63) is 108 Å². The van der Waals surface area contributed by atoms with Gasteiger partial charge in [-0.25, -0.2) is 14.0 Å². The third-order valence-corrected chi connectivity index (χ3v) is 15.8. The topological polar surface area (TPSA) is 215 Å². The Balaban J connectivity index is 0.772. The number of nitrogens with zero attached hydrogens (tertiary/aromatic N) is 3. The van der Waals surface area contributed by atoms with Gasteiger partial charge in [0.15, 0.2) is 18.1 Å². The number of Topliss-reactive ketones (excluding diaryl/α,β-unsaturated/α-hetero) is 1. The van der Waals surface area contributed by atoms with Crippen LogP contribution in [0.3, 0.4) is 0 Å². The fourth-order valence-corrected chi connectivity index (χ4v) is 12.2. The summed E-state index contributed by atoms with van der Waals surface area (Å²) in [6.07, 6.45) is 7.12. The zero-order chi connectivity index (χ0) is 49.8. The van der Waals surface area contributed by atoms with E-state index in [1.165, 1.54) is 28.6 Å². The standard InChI is InChI=1S/C52H57FN4O12S/c1-32-27-40-39-16-12-33-28-35(58)18-19-49(33,2)51(39,53)44(59)30-50(40,3)52(32,64)45(60)31-69-48(63)68-26-24-66-22-21-65-23-25-67-47(62)57-42-29-36(70-43-11-6-5-10-38(43)46(61)54-4)14-15-37(42)41(56-57)17-13-34-9-7-8-20-55-34/h5-11,13-15,17-20,28-29,32,39-40,44,59,64H,12,16,21-27,30-31H2,1-4H3,(H,54,61)/b17-13+/t32-,39+,40+,44+,49+,50+,51+,52+/m1/s1. The van der Waals surface area contributed by atoms with Gasteiger partial charge in [-0.3, -0.25) is 19.4 Å². The SMILES string of the molecule is CNC(=O)c1ccccc1Sc1ccc2c(/C=C/c3ccccn3)nn(C(=O)OCCOCCOCCOC(=O)OCC(=O)[C@@]3(O)[C@H](C)C[C@H]4[C@@H]5CCC6=CC(=O)C=C[C@]6(C)[C@@]5(F)[C@@H](O)C[C@@]43C)c2c1. The summed E-state index contributed by atoms with van der Waals surface area (Å²) < 4.78 is 45.4. The molecular weight excluding hydrogens is 924 g/mol. The number of hydrogen-bond acceptors (Lipinski definition) is 15. The Morgan fingerprint density at radius 1 is 0.943 bits per heavy atom. The molecule has 2 aromatic heterocycles. The first kappa shape index (κ1) is 50.3. The van der Waals surface area contributed by atoms with Crippen LogP contribution in [-0.2, 0) is 33.3 Å². The van der Waals surface area contributed by atoms with Crippen molar-refractivity contribution in [2.45, 2.75) is 73.6 Å². The number of allylic oxidation sites excluding steroid dienone is 4. The van der Waals surface area contributed by atoms with Gasteiger partial charge in [-0.2, -0.15) is 9.78 Å². The quantitative estimate of drug-likeness (QED) is 0.0705. The lowest BCUT2D eigenvalue weighted by molar-refractivity contribution is -0.219. The fraction of sp³-hybridized carbons (Fsp3) is 0.442. The number of aliphatic hydroxyl groups is 2. The number of rotatable bonds is 17. The molecule has 18 heteroatoms. The average Bonchev–Trinajstić information content (AvgIpc) is 3.81. The molecule has 8 atom stereocenters. The summed E-state index contributed by atoms with van der Waals surface area (Å²) in [7, 11) is 1.57. The number of hydrogen-bond donors (Lipinski definition) is 3. The van der Waals surface area contributed by atoms with Crippen LogP contribution in [0.1, 0.15) is 68.2 Å². The number of fused-ring (bicyclic) bond motifs is 6. The summed E-state index contributed by atoms with van der Waals surface area (Å²) in [5.74, 6) is -2.97. The summed E-state index contributed by atoms with van der Waals surface area (Å²) >= 11 is 1.37. The summed E-state index contributed by atoms with van der Waals surface area (Å²) in [4.78, 5) is 70.2. The highest BCUT2D eigenvalue weighted by Gasteiger charge is 2.75. The third kappa shape index (κ3) is 9.34. The predicted molar refractivity (Wildman–Crippen MR) is 255 cm³/mol. The van der Waals surface area contributed by atoms with Crippen molar-refractivity contribution in [3.63, 3.8) is 0 Å². The molecule has 0 saturated heterocycles. The molecule has 1 amide bonds. The van der Waals surface area contributed by atoms with Crippen LogP contribution < -0.4 is 5.32 Å². The number of halogens is 1. The van der Waals surface area contributed by atoms with E-state index < -0.39 is 70.6 Å². The van der Waals surface area contributed by atoms with E-state index in [2.05, 4.69) is 15.4 Å². The zero-order valence-electron chi connectivity index (χ0n) is 39.4. The average molecular weight is 981 g/mol. The maximum absolute atomic E-state index is 17.5. The van der Waals surface area contributed by atoms with E-state index in [1.54, 1.807) is 64.4 Å². The second kappa shape index (κ2) is 20.7. The van der Waals surface area contributed by atoms with Gasteiger partial charge in [0.25, 0.3) is 5.91 Å². The minimum Gasteiger partial charge on any atom is -0.445 e. The van der Waals surface area contributed by atoms with Gasteiger partial charge < -0.3 is 39.2 Å². The van der Waals surface area contributed by atoms with Crippen molar-refractivity contribution in [1.82, 2.24) is 20.1 Å². The highest BCUT2D eigenvalue weighted by Crippen LogP contribution is 2.70. The Morgan fingerprint density at radius 3 is 2.41 bits per heavy atom. The van der Waals surface area contributed by atoms with Gasteiger partial charge in [0, 0.05) is 45.2 Å². The molecule has 370 valence electrons. The summed E-state index contributed by atoms with van der Waals surface area (Å²) in [6, 6.07) is 18.3. The van der Waals surface area contributed by atoms with E-state index in [0.717, 1.165) is 9.79 Å². The molecule has 16 nitrogen and oxygen atoms in total. The van der Waals surface area contributed by atoms with Crippen LogP contribution in [0.4, 0.5) is 14.0 Å². The highest BCUT2D eigenvalue weighted by atomic mass is 32.2. The van der Waals surface area contributed by atoms with Crippen molar-refractivity contribution in [1.29, 1.82) is 0 Å². The van der Waals surface area contributed by atoms with Gasteiger partial charge in [0.05, 0.1) is 55.0 Å². The molecule has 3 fully saturated rings. The lowest BCUT2D eigenvalue weighted by atomic mass is 9.44. The van der Waals surface area contributed by atoms with Gasteiger partial charge in [-0.05, 0) is 111 Å². The van der Waals surface area contributed by atoms with Crippen molar-refractivity contribution in [2.24, 2.45) is 28.6 Å². The van der Waals surface area contributed by atoms with Gasteiger partial charge in [-0.1, -0.05) is 55.5 Å². The van der Waals surface area contributed by atoms with Crippen molar-refractivity contribution < 1.29 is 62.3 Å². The van der Waals surface area contributed by atoms with Crippen molar-refractivity contribution in [3.8, 4) is 0 Å². The van der Waals surface area contributed by atoms with E-state index in [9.17, 15) is 34.2 Å². The minimum absolute atomic E-state index is 0.0211. The minimum atomic E-state index is -2.11. The summed E-state index contributed by atoms with van der Waals surface area (Å²) in [5.41, 5.74) is -3.68. The molecular formula is C52H57FN4O12S. The van der Waals surface area contributed by atoms with Gasteiger partial charge >= 0.3 is 12.2 Å². The number of pyridine rings is 1. The molecule has 0 bridgehead atoms. The van der Waals surface area contributed by atoms with Crippen LogP contribution in [0.15, 0.2) is 100 Å². The van der Waals surface area contributed by atoms with E-state index in [-0.39, 0.29) is 57.8 Å². The molecule has 4 aliphatic rings. The lowest BCUT2D eigenvalue weighted by Crippen LogP contribution is -2.69. The first-order valence-electron chi connectivity index (χ1n) is 23.3. The molecule has 3 saturated carbocycles. The van der Waals surface area contributed by atoms with Crippen LogP contribution in [0.2, 0.25) is 0 Å². The Bertz CT molecular complexity index is 2750. The predicted octanol–water partition coefficient (Wildman–Crippen LogP) is 7.20. The number of benzene rings is 2. The Kier molecular flexibility index (Phi) is 14.9. The first-order valence-corrected chi connectivity index (χ1v) is 24.2. The number of aromatic nitrogens is 3. The Hall–Kier alpha value is -6.05. The molecule has 0 unspecified atom stereocenters. The van der Waals surface area contributed by atoms with Crippen LogP contribution in [0.5, 0.6) is 0 Å². The Morgan fingerprint density at radius 2 is 1.67 bits per heavy atom. The van der Waals surface area contributed by atoms with Crippen LogP contribution in [-0.4, -0.2) is 125 Å². The smallest absolute Gasteiger partial charge is 0.445 e. The number of carbonyl (C=O) groups excluding carboxylic acids is 5. The molecule has 4 aromatic rings. The molecule has 70 heavy (non-hydrogen) atoms. The second-order valence-electron chi connectivity index (χ2n) is 18.6. The van der Waals surface area contributed by atoms with Crippen molar-refractivity contribution >= 4 is 64.5 Å². The summed E-state index contributed by atoms with van der Waals surface area (Å²) in [5, 5.41) is 31.6. The molecule has 0 radical (unpaired) electrons. The lowest BCUT2D eigenvalue weighted by Gasteiger charge is -2.62. The molecule has 0 spiro atoms. The number of amides is 1. The number of ketones is 2. The van der Waals surface area contributed by atoms with Gasteiger partial charge in [0.1, 0.15) is 18.8 Å². The van der Waals surface area contributed by atoms with Gasteiger partial charge in [0.2, 0.25) is 5.78 Å². The molecule has 0 aliphatic heterocycles. The first-order chi connectivity index (χ1) is 33.5. The number of ether oxygens (including phenoxy) is 5. The summed E-state index contributed by atoms with van der Waals surface area (Å²) in [6.45, 7) is 4.32. The zero-order valence-corrected chi connectivity index (χ0v) is 40.2. The van der Waals surface area contributed by atoms with E-state index in [1.807, 2.05) is 48.5 Å². The number of alkyl halides is 1. The third-order valence-electron chi connectivity index (χ3n) is 14.8. The molecule has 2 aromatic carbocycles. The number of carbonyl (C=O) groups is 5.